The van der Waals surface area contributed by atoms with Gasteiger partial charge in [-0.2, -0.15) is 0 Å². The zero-order chi connectivity index (χ0) is 20.3. The molecule has 5 heteroatoms. The molecule has 0 radical (unpaired) electrons. The number of carbonyl (C=O) groups excluding carboxylic acids is 2. The average molecular weight is 382 g/mol. The highest BCUT2D eigenvalue weighted by molar-refractivity contribution is 5.96. The van der Waals surface area contributed by atoms with Crippen molar-refractivity contribution >= 4 is 11.8 Å². The quantitative estimate of drug-likeness (QED) is 0.871. The van der Waals surface area contributed by atoms with Crippen LogP contribution in [-0.2, 0) is 11.3 Å². The van der Waals surface area contributed by atoms with Gasteiger partial charge in [-0.15, -0.1) is 0 Å². The maximum atomic E-state index is 13.6. The lowest BCUT2D eigenvalue weighted by molar-refractivity contribution is -0.126. The maximum Gasteiger partial charge on any atom is 0.254 e. The van der Waals surface area contributed by atoms with Gasteiger partial charge in [0.05, 0.1) is 0 Å². The lowest BCUT2D eigenvalue weighted by atomic mass is 9.94. The monoisotopic (exact) mass is 382 g/mol. The molecule has 3 rings (SSSR count). The Bertz CT molecular complexity index is 886. The first-order valence-corrected chi connectivity index (χ1v) is 9.74. The molecule has 2 aromatic rings. The van der Waals surface area contributed by atoms with Crippen molar-refractivity contribution in [2.45, 2.75) is 40.2 Å². The Kier molecular flexibility index (Phi) is 6.12. The van der Waals surface area contributed by atoms with Crippen LogP contribution in [0.2, 0.25) is 0 Å². The Labute approximate surface area is 165 Å². The summed E-state index contributed by atoms with van der Waals surface area (Å²) < 4.78 is 13.6. The van der Waals surface area contributed by atoms with Crippen LogP contribution in [0, 0.1) is 32.5 Å². The molecule has 0 saturated carbocycles. The second-order valence-corrected chi connectivity index (χ2v) is 7.69. The van der Waals surface area contributed by atoms with E-state index in [1.165, 1.54) is 6.07 Å². The van der Waals surface area contributed by atoms with Gasteiger partial charge in [0, 0.05) is 31.1 Å². The van der Waals surface area contributed by atoms with E-state index >= 15 is 0 Å². The number of nitrogens with one attached hydrogen (secondary N) is 1. The molecule has 0 bridgehead atoms. The van der Waals surface area contributed by atoms with Gasteiger partial charge in [0.25, 0.3) is 5.91 Å². The van der Waals surface area contributed by atoms with Gasteiger partial charge in [0.2, 0.25) is 5.91 Å². The standard InChI is InChI=1S/C23H27FN2O2/c1-15-4-5-16(2)20(12-15)23(28)26-10-8-19(9-11-26)22(27)25-14-18-7-6-17(3)21(24)13-18/h4-7,12-13,19H,8-11,14H2,1-3H3,(H,25,27). The number of halogens is 1. The van der Waals surface area contributed by atoms with Crippen LogP contribution in [0.5, 0.6) is 0 Å². The van der Waals surface area contributed by atoms with Crippen molar-refractivity contribution in [3.63, 3.8) is 0 Å². The number of rotatable bonds is 4. The summed E-state index contributed by atoms with van der Waals surface area (Å²) in [5.41, 5.74) is 4.12. The number of carbonyl (C=O) groups is 2. The zero-order valence-corrected chi connectivity index (χ0v) is 16.7. The summed E-state index contributed by atoms with van der Waals surface area (Å²) in [4.78, 5) is 27.1. The van der Waals surface area contributed by atoms with Crippen molar-refractivity contribution in [1.82, 2.24) is 10.2 Å². The highest BCUT2D eigenvalue weighted by Gasteiger charge is 2.28. The number of piperidine rings is 1. The van der Waals surface area contributed by atoms with E-state index in [4.69, 9.17) is 0 Å². The first-order chi connectivity index (χ1) is 13.3. The van der Waals surface area contributed by atoms with Crippen LogP contribution < -0.4 is 5.32 Å². The lowest BCUT2D eigenvalue weighted by Crippen LogP contribution is -2.43. The molecule has 0 unspecified atom stereocenters. The molecule has 2 amide bonds. The molecule has 0 atom stereocenters. The number of benzene rings is 2. The minimum Gasteiger partial charge on any atom is -0.352 e. The third-order valence-electron chi connectivity index (χ3n) is 5.48. The van der Waals surface area contributed by atoms with Gasteiger partial charge in [-0.1, -0.05) is 29.8 Å². The van der Waals surface area contributed by atoms with Gasteiger partial charge in [-0.3, -0.25) is 9.59 Å². The van der Waals surface area contributed by atoms with E-state index < -0.39 is 0 Å². The van der Waals surface area contributed by atoms with Crippen LogP contribution in [0.15, 0.2) is 36.4 Å². The van der Waals surface area contributed by atoms with Gasteiger partial charge < -0.3 is 10.2 Å². The summed E-state index contributed by atoms with van der Waals surface area (Å²) in [6, 6.07) is 10.9. The molecular weight excluding hydrogens is 355 g/mol. The van der Waals surface area contributed by atoms with Crippen LogP contribution in [0.25, 0.3) is 0 Å². The number of likely N-dealkylation sites (tertiary alicyclic amines) is 1. The molecule has 4 nitrogen and oxygen atoms in total. The predicted molar refractivity (Wildman–Crippen MR) is 108 cm³/mol. The molecule has 1 heterocycles. The van der Waals surface area contributed by atoms with E-state index in [0.29, 0.717) is 38.0 Å². The normalized spacial score (nSPS) is 14.8. The van der Waals surface area contributed by atoms with Crippen molar-refractivity contribution in [1.29, 1.82) is 0 Å². The van der Waals surface area contributed by atoms with Gasteiger partial charge in [0.15, 0.2) is 0 Å². The van der Waals surface area contributed by atoms with E-state index in [1.807, 2.05) is 43.0 Å². The summed E-state index contributed by atoms with van der Waals surface area (Å²) in [6.45, 7) is 7.10. The first kappa shape index (κ1) is 20.1. The molecule has 1 fully saturated rings. The number of hydrogen-bond donors (Lipinski definition) is 1. The van der Waals surface area contributed by atoms with Gasteiger partial charge in [-0.05, 0) is 62.4 Å². The fourth-order valence-electron chi connectivity index (χ4n) is 3.56. The highest BCUT2D eigenvalue weighted by Crippen LogP contribution is 2.21. The first-order valence-electron chi connectivity index (χ1n) is 9.74. The minimum atomic E-state index is -0.259. The lowest BCUT2D eigenvalue weighted by Gasteiger charge is -2.31. The summed E-state index contributed by atoms with van der Waals surface area (Å²) in [7, 11) is 0. The van der Waals surface area contributed by atoms with Crippen LogP contribution >= 0.6 is 0 Å². The molecule has 0 aliphatic carbocycles. The van der Waals surface area contributed by atoms with Crippen LogP contribution in [0.1, 0.15) is 45.5 Å². The number of hydrogen-bond acceptors (Lipinski definition) is 2. The third-order valence-corrected chi connectivity index (χ3v) is 5.48. The minimum absolute atomic E-state index is 0.0279. The van der Waals surface area contributed by atoms with E-state index in [1.54, 1.807) is 13.0 Å². The summed E-state index contributed by atoms with van der Waals surface area (Å²) in [5.74, 6) is -0.363. The molecule has 1 N–H and O–H groups in total. The second kappa shape index (κ2) is 8.55. The van der Waals surface area contributed by atoms with Crippen LogP contribution in [0.3, 0.4) is 0 Å². The third kappa shape index (κ3) is 4.58. The Morgan fingerprint density at radius 3 is 2.39 bits per heavy atom. The Morgan fingerprint density at radius 2 is 1.71 bits per heavy atom. The zero-order valence-electron chi connectivity index (χ0n) is 16.7. The summed E-state index contributed by atoms with van der Waals surface area (Å²) in [5, 5.41) is 2.90. The van der Waals surface area contributed by atoms with Crippen molar-refractivity contribution in [2.75, 3.05) is 13.1 Å². The van der Waals surface area contributed by atoms with Crippen molar-refractivity contribution in [3.8, 4) is 0 Å². The molecule has 0 aromatic heterocycles. The topological polar surface area (TPSA) is 49.4 Å². The number of aryl methyl sites for hydroxylation is 3. The van der Waals surface area contributed by atoms with Crippen molar-refractivity contribution in [3.05, 3.63) is 70.0 Å². The molecule has 1 aliphatic heterocycles. The molecular formula is C23H27FN2O2. The predicted octanol–water partition coefficient (Wildman–Crippen LogP) is 3.92. The molecule has 148 valence electrons. The van der Waals surface area contributed by atoms with Gasteiger partial charge >= 0.3 is 0 Å². The number of nitrogens with zero attached hydrogens (tertiary/aromatic N) is 1. The van der Waals surface area contributed by atoms with E-state index in [2.05, 4.69) is 5.32 Å². The van der Waals surface area contributed by atoms with E-state index in [0.717, 1.165) is 22.3 Å². The van der Waals surface area contributed by atoms with Gasteiger partial charge in [-0.25, -0.2) is 4.39 Å². The fourth-order valence-corrected chi connectivity index (χ4v) is 3.56. The van der Waals surface area contributed by atoms with Crippen molar-refractivity contribution in [2.24, 2.45) is 5.92 Å². The van der Waals surface area contributed by atoms with Crippen LogP contribution in [-0.4, -0.2) is 29.8 Å². The molecule has 28 heavy (non-hydrogen) atoms. The fraction of sp³-hybridized carbons (Fsp3) is 0.391. The SMILES string of the molecule is Cc1ccc(C)c(C(=O)N2CCC(C(=O)NCc3ccc(C)c(F)c3)CC2)c1. The van der Waals surface area contributed by atoms with Crippen LogP contribution in [0.4, 0.5) is 4.39 Å². The average Bonchev–Trinajstić information content (AvgIpc) is 2.70. The molecule has 2 aromatic carbocycles. The Morgan fingerprint density at radius 1 is 1.04 bits per heavy atom. The highest BCUT2D eigenvalue weighted by atomic mass is 19.1. The van der Waals surface area contributed by atoms with E-state index in [9.17, 15) is 14.0 Å². The smallest absolute Gasteiger partial charge is 0.254 e. The van der Waals surface area contributed by atoms with Crippen molar-refractivity contribution < 1.29 is 14.0 Å². The van der Waals surface area contributed by atoms with E-state index in [-0.39, 0.29) is 23.5 Å². The summed E-state index contributed by atoms with van der Waals surface area (Å²) >= 11 is 0. The Hall–Kier alpha value is -2.69. The summed E-state index contributed by atoms with van der Waals surface area (Å²) in [6.07, 6.45) is 1.29. The maximum absolute atomic E-state index is 13.6. The largest absolute Gasteiger partial charge is 0.352 e. The molecule has 1 saturated heterocycles. The number of amides is 2. The second-order valence-electron chi connectivity index (χ2n) is 7.69. The molecule has 0 spiro atoms. The Balaban J connectivity index is 1.53. The molecule has 1 aliphatic rings. The van der Waals surface area contributed by atoms with Gasteiger partial charge in [0.1, 0.15) is 5.82 Å².